The minimum atomic E-state index is -1.19. The lowest BCUT2D eigenvalue weighted by molar-refractivity contribution is -0.307. The van der Waals surface area contributed by atoms with Crippen LogP contribution in [0, 0.1) is 0 Å². The van der Waals surface area contributed by atoms with Crippen molar-refractivity contribution in [3.05, 3.63) is 11.8 Å². The fourth-order valence-corrected chi connectivity index (χ4v) is 0.747. The van der Waals surface area contributed by atoms with E-state index in [0.717, 1.165) is 0 Å². The summed E-state index contributed by atoms with van der Waals surface area (Å²) in [5.74, 6) is -1.31. The van der Waals surface area contributed by atoms with Gasteiger partial charge in [-0.3, -0.25) is 4.79 Å². The van der Waals surface area contributed by atoms with Crippen molar-refractivity contribution in [1.29, 1.82) is 0 Å². The summed E-state index contributed by atoms with van der Waals surface area (Å²) in [5.41, 5.74) is 0.527. The van der Waals surface area contributed by atoms with E-state index in [9.17, 15) is 14.7 Å². The van der Waals surface area contributed by atoms with Crippen LogP contribution >= 0.6 is 0 Å². The fraction of sp³-hybridized carbons (Fsp3) is 0.500. The number of ketones is 1. The Morgan fingerprint density at radius 1 is 1.42 bits per heavy atom. The largest absolute Gasteiger partial charge is 0.548 e. The molecule has 0 aromatic heterocycles. The Labute approximate surface area is 71.3 Å². The van der Waals surface area contributed by atoms with E-state index in [2.05, 4.69) is 5.32 Å². The van der Waals surface area contributed by atoms with E-state index in [1.807, 2.05) is 0 Å². The summed E-state index contributed by atoms with van der Waals surface area (Å²) in [6.07, 6.45) is 1.33. The van der Waals surface area contributed by atoms with Crippen molar-refractivity contribution in [3.63, 3.8) is 0 Å². The summed E-state index contributed by atoms with van der Waals surface area (Å²) in [4.78, 5) is 20.8. The van der Waals surface area contributed by atoms with Crippen LogP contribution in [0.5, 0.6) is 0 Å². The molecular formula is C8H12NO3-. The molecule has 0 aliphatic rings. The Bertz CT molecular complexity index is 220. The lowest BCUT2D eigenvalue weighted by atomic mass is 10.3. The van der Waals surface area contributed by atoms with Crippen LogP contribution in [0.4, 0.5) is 0 Å². The van der Waals surface area contributed by atoms with Gasteiger partial charge in [0.15, 0.2) is 5.78 Å². The highest BCUT2D eigenvalue weighted by atomic mass is 16.4. The van der Waals surface area contributed by atoms with Gasteiger partial charge in [0.05, 0.1) is 12.0 Å². The second-order valence-electron chi connectivity index (χ2n) is 2.62. The zero-order valence-corrected chi connectivity index (χ0v) is 7.38. The molecular weight excluding hydrogens is 158 g/mol. The third kappa shape index (κ3) is 4.49. The van der Waals surface area contributed by atoms with E-state index in [0.29, 0.717) is 5.70 Å². The first kappa shape index (κ1) is 10.7. The van der Waals surface area contributed by atoms with Gasteiger partial charge in [0.1, 0.15) is 0 Å². The molecule has 0 aromatic carbocycles. The molecule has 0 amide bonds. The molecule has 1 N–H and O–H groups in total. The second kappa shape index (κ2) is 4.54. The van der Waals surface area contributed by atoms with Crippen LogP contribution in [-0.4, -0.2) is 17.8 Å². The van der Waals surface area contributed by atoms with Crippen molar-refractivity contribution in [3.8, 4) is 0 Å². The predicted octanol–water partition coefficient (Wildman–Crippen LogP) is -0.793. The fourth-order valence-electron chi connectivity index (χ4n) is 0.747. The number of carboxylic acids is 1. The Morgan fingerprint density at radius 2 is 1.92 bits per heavy atom. The topological polar surface area (TPSA) is 69.2 Å². The molecule has 1 atom stereocenters. The van der Waals surface area contributed by atoms with Gasteiger partial charge >= 0.3 is 0 Å². The molecule has 0 radical (unpaired) electrons. The molecule has 0 heterocycles. The monoisotopic (exact) mass is 170 g/mol. The average molecular weight is 170 g/mol. The van der Waals surface area contributed by atoms with E-state index in [4.69, 9.17) is 0 Å². The average Bonchev–Trinajstić information content (AvgIpc) is 1.84. The summed E-state index contributed by atoms with van der Waals surface area (Å²) in [6.45, 7) is 4.47. The van der Waals surface area contributed by atoms with Gasteiger partial charge in [0.25, 0.3) is 0 Å². The molecule has 68 valence electrons. The molecule has 0 aromatic rings. The normalized spacial score (nSPS) is 13.8. The number of nitrogens with one attached hydrogen (secondary N) is 1. The summed E-state index contributed by atoms with van der Waals surface area (Å²) < 4.78 is 0. The number of carboxylic acid groups (broad SMARTS) is 1. The molecule has 0 aliphatic heterocycles. The predicted molar refractivity (Wildman–Crippen MR) is 42.0 cm³/mol. The van der Waals surface area contributed by atoms with Crippen molar-refractivity contribution in [1.82, 2.24) is 5.32 Å². The lowest BCUT2D eigenvalue weighted by Gasteiger charge is -2.15. The first-order valence-electron chi connectivity index (χ1n) is 3.59. The molecule has 0 fully saturated rings. The molecule has 0 aliphatic carbocycles. The third-order valence-electron chi connectivity index (χ3n) is 1.22. The van der Waals surface area contributed by atoms with E-state index in [-0.39, 0.29) is 5.78 Å². The van der Waals surface area contributed by atoms with Gasteiger partial charge in [-0.05, 0) is 26.8 Å². The summed E-state index contributed by atoms with van der Waals surface area (Å²) >= 11 is 0. The number of hydrogen-bond acceptors (Lipinski definition) is 4. The summed E-state index contributed by atoms with van der Waals surface area (Å²) in [6, 6.07) is -0.777. The van der Waals surface area contributed by atoms with Crippen molar-refractivity contribution in [2.45, 2.75) is 26.8 Å². The molecule has 0 spiro atoms. The van der Waals surface area contributed by atoms with Gasteiger partial charge in [0.2, 0.25) is 0 Å². The van der Waals surface area contributed by atoms with Crippen molar-refractivity contribution in [2.75, 3.05) is 0 Å². The van der Waals surface area contributed by atoms with Crippen LogP contribution in [0.25, 0.3) is 0 Å². The molecule has 0 rings (SSSR count). The summed E-state index contributed by atoms with van der Waals surface area (Å²) in [7, 11) is 0. The highest BCUT2D eigenvalue weighted by molar-refractivity contribution is 5.87. The van der Waals surface area contributed by atoms with Crippen molar-refractivity contribution < 1.29 is 14.7 Å². The molecule has 0 bridgehead atoms. The van der Waals surface area contributed by atoms with Gasteiger partial charge in [-0.25, -0.2) is 0 Å². The van der Waals surface area contributed by atoms with Crippen molar-refractivity contribution in [2.24, 2.45) is 0 Å². The third-order valence-corrected chi connectivity index (χ3v) is 1.22. The maximum absolute atomic E-state index is 10.5. The zero-order chi connectivity index (χ0) is 9.72. The SMILES string of the molecule is CC(=O)/C=C(/C)NC(C)C(=O)[O-]. The van der Waals surface area contributed by atoms with Gasteiger partial charge in [0, 0.05) is 5.70 Å². The maximum atomic E-state index is 10.5. The van der Waals surface area contributed by atoms with Gasteiger partial charge in [-0.15, -0.1) is 0 Å². The van der Waals surface area contributed by atoms with Crippen molar-refractivity contribution >= 4 is 11.8 Å². The van der Waals surface area contributed by atoms with Crippen LogP contribution in [0.2, 0.25) is 0 Å². The Kier molecular flexibility index (Phi) is 4.04. The quantitative estimate of drug-likeness (QED) is 0.561. The summed E-state index contributed by atoms with van der Waals surface area (Å²) in [5, 5.41) is 12.8. The number of rotatable bonds is 4. The lowest BCUT2D eigenvalue weighted by Crippen LogP contribution is -2.42. The number of allylic oxidation sites excluding steroid dienone is 2. The smallest absolute Gasteiger partial charge is 0.154 e. The Hall–Kier alpha value is -1.32. The van der Waals surface area contributed by atoms with E-state index in [1.54, 1.807) is 6.92 Å². The standard InChI is InChI=1S/C8H13NO3/c1-5(4-6(2)10)9-7(3)8(11)12/h4,7,9H,1-3H3,(H,11,12)/p-1/b5-4-. The molecule has 4 heteroatoms. The second-order valence-corrected chi connectivity index (χ2v) is 2.62. The highest BCUT2D eigenvalue weighted by Crippen LogP contribution is 1.90. The maximum Gasteiger partial charge on any atom is 0.154 e. The highest BCUT2D eigenvalue weighted by Gasteiger charge is 2.01. The number of aliphatic carboxylic acids is 1. The minimum Gasteiger partial charge on any atom is -0.548 e. The van der Waals surface area contributed by atoms with Crippen LogP contribution in [0.1, 0.15) is 20.8 Å². The van der Waals surface area contributed by atoms with Gasteiger partial charge < -0.3 is 15.2 Å². The molecule has 4 nitrogen and oxygen atoms in total. The molecule has 0 saturated carbocycles. The van der Waals surface area contributed by atoms with Gasteiger partial charge in [-0.1, -0.05) is 0 Å². The van der Waals surface area contributed by atoms with E-state index < -0.39 is 12.0 Å². The van der Waals surface area contributed by atoms with Gasteiger partial charge in [-0.2, -0.15) is 0 Å². The van der Waals surface area contributed by atoms with E-state index in [1.165, 1.54) is 19.9 Å². The van der Waals surface area contributed by atoms with Crippen LogP contribution in [0.3, 0.4) is 0 Å². The first-order chi connectivity index (χ1) is 5.43. The Balaban J connectivity index is 4.09. The van der Waals surface area contributed by atoms with Crippen LogP contribution in [0.15, 0.2) is 11.8 Å². The molecule has 12 heavy (non-hydrogen) atoms. The Morgan fingerprint density at radius 3 is 2.25 bits per heavy atom. The molecule has 0 saturated heterocycles. The van der Waals surface area contributed by atoms with Crippen LogP contribution < -0.4 is 10.4 Å². The van der Waals surface area contributed by atoms with Crippen LogP contribution in [-0.2, 0) is 9.59 Å². The first-order valence-corrected chi connectivity index (χ1v) is 3.59. The zero-order valence-electron chi connectivity index (χ0n) is 7.38. The number of carbonyl (C=O) groups is 2. The number of carbonyl (C=O) groups excluding carboxylic acids is 2. The van der Waals surface area contributed by atoms with E-state index >= 15 is 0 Å². The minimum absolute atomic E-state index is 0.120. The number of hydrogen-bond donors (Lipinski definition) is 1. The molecule has 1 unspecified atom stereocenters.